The van der Waals surface area contributed by atoms with Gasteiger partial charge in [0.2, 0.25) is 0 Å². The number of hydrogen-bond donors (Lipinski definition) is 0. The van der Waals surface area contributed by atoms with Crippen LogP contribution < -0.4 is 0 Å². The number of fused-ring (bicyclic) bond motifs is 1. The molecule has 1 amide bonds. The Kier molecular flexibility index (Phi) is 8.55. The lowest BCUT2D eigenvalue weighted by Crippen LogP contribution is -2.61. The molecule has 3 aliphatic heterocycles. The monoisotopic (exact) mass is 631 g/mol. The Morgan fingerprint density at radius 3 is 2.12 bits per heavy atom. The SMILES string of the molecule is O=C(ON1C(=O)C2N=C(Cc3ccccc3)SC21)/C(=C(/CBr)N1CCOCC1)C(c1ccccc1)c1ccccc1. The molecule has 3 aromatic carbocycles. The summed E-state index contributed by atoms with van der Waals surface area (Å²) >= 11 is 5.17. The van der Waals surface area contributed by atoms with E-state index in [-0.39, 0.29) is 11.3 Å². The third-order valence-electron chi connectivity index (χ3n) is 7.50. The van der Waals surface area contributed by atoms with Crippen molar-refractivity contribution < 1.29 is 19.2 Å². The summed E-state index contributed by atoms with van der Waals surface area (Å²) in [7, 11) is 0. The fourth-order valence-corrected chi connectivity index (χ4v) is 7.36. The predicted molar refractivity (Wildman–Crippen MR) is 164 cm³/mol. The van der Waals surface area contributed by atoms with Crippen LogP contribution in [0.5, 0.6) is 0 Å². The third kappa shape index (κ3) is 5.84. The van der Waals surface area contributed by atoms with E-state index in [0.29, 0.717) is 43.6 Å². The molecule has 0 aromatic heterocycles. The van der Waals surface area contributed by atoms with Crippen LogP contribution in [-0.2, 0) is 25.6 Å². The van der Waals surface area contributed by atoms with Gasteiger partial charge in [-0.3, -0.25) is 9.79 Å². The first-order valence-electron chi connectivity index (χ1n) is 13.7. The van der Waals surface area contributed by atoms with Gasteiger partial charge in [0, 0.05) is 36.5 Å². The average molecular weight is 633 g/mol. The number of β-lactam (4-membered cyclic amide) rings is 1. The molecule has 0 N–H and O–H groups in total. The van der Waals surface area contributed by atoms with Crippen molar-refractivity contribution >= 4 is 44.6 Å². The van der Waals surface area contributed by atoms with Gasteiger partial charge in [0.1, 0.15) is 0 Å². The van der Waals surface area contributed by atoms with E-state index in [0.717, 1.165) is 27.4 Å². The second kappa shape index (κ2) is 12.6. The molecular formula is C32H30BrN3O4S. The summed E-state index contributed by atoms with van der Waals surface area (Å²) in [4.78, 5) is 40.2. The maximum atomic E-state index is 14.3. The summed E-state index contributed by atoms with van der Waals surface area (Å²) in [6, 6.07) is 29.4. The lowest BCUT2D eigenvalue weighted by Gasteiger charge is -2.39. The topological polar surface area (TPSA) is 71.4 Å². The van der Waals surface area contributed by atoms with Crippen molar-refractivity contribution in [2.45, 2.75) is 23.8 Å². The van der Waals surface area contributed by atoms with Crippen LogP contribution in [0.25, 0.3) is 0 Å². The van der Waals surface area contributed by atoms with E-state index in [9.17, 15) is 9.59 Å². The number of nitrogens with zero attached hydrogens (tertiary/aromatic N) is 3. The fourth-order valence-electron chi connectivity index (χ4n) is 5.45. The number of halogens is 1. The summed E-state index contributed by atoms with van der Waals surface area (Å²) < 4.78 is 5.61. The number of alkyl halides is 1. The summed E-state index contributed by atoms with van der Waals surface area (Å²) in [5.41, 5.74) is 4.40. The highest BCUT2D eigenvalue weighted by molar-refractivity contribution is 9.09. The molecule has 2 saturated heterocycles. The molecule has 0 spiro atoms. The fraction of sp³-hybridized carbons (Fsp3) is 0.281. The van der Waals surface area contributed by atoms with Crippen LogP contribution in [0.1, 0.15) is 22.6 Å². The third-order valence-corrected chi connectivity index (χ3v) is 9.24. The van der Waals surface area contributed by atoms with Crippen LogP contribution in [0.3, 0.4) is 0 Å². The molecule has 2 fully saturated rings. The van der Waals surface area contributed by atoms with Gasteiger partial charge in [0.15, 0.2) is 11.4 Å². The number of morpholine rings is 1. The zero-order chi connectivity index (χ0) is 28.2. The summed E-state index contributed by atoms with van der Waals surface area (Å²) in [5, 5.41) is 2.19. The molecule has 2 unspecified atom stereocenters. The number of hydroxylamine groups is 2. The van der Waals surface area contributed by atoms with E-state index in [2.05, 4.69) is 25.8 Å². The number of carbonyl (C=O) groups excluding carboxylic acids is 2. The highest BCUT2D eigenvalue weighted by Crippen LogP contribution is 2.42. The maximum absolute atomic E-state index is 14.3. The van der Waals surface area contributed by atoms with Gasteiger partial charge in [0.05, 0.1) is 23.8 Å². The second-order valence-electron chi connectivity index (χ2n) is 10.0. The molecule has 210 valence electrons. The van der Waals surface area contributed by atoms with Crippen LogP contribution in [-0.4, -0.2) is 69.9 Å². The Bertz CT molecular complexity index is 1410. The average Bonchev–Trinajstić information content (AvgIpc) is 3.40. The Morgan fingerprint density at radius 2 is 1.54 bits per heavy atom. The zero-order valence-corrected chi connectivity index (χ0v) is 24.8. The van der Waals surface area contributed by atoms with Crippen LogP contribution >= 0.6 is 27.7 Å². The van der Waals surface area contributed by atoms with E-state index in [1.807, 2.05) is 91.0 Å². The van der Waals surface area contributed by atoms with Crippen LogP contribution in [0.4, 0.5) is 0 Å². The molecular weight excluding hydrogens is 602 g/mol. The molecule has 41 heavy (non-hydrogen) atoms. The smallest absolute Gasteiger partial charge is 0.362 e. The van der Waals surface area contributed by atoms with Crippen molar-refractivity contribution in [1.82, 2.24) is 9.96 Å². The molecule has 0 aliphatic carbocycles. The summed E-state index contributed by atoms with van der Waals surface area (Å²) in [5.74, 6) is -1.22. The molecule has 0 saturated carbocycles. The van der Waals surface area contributed by atoms with Gasteiger partial charge in [-0.1, -0.05) is 119 Å². The van der Waals surface area contributed by atoms with E-state index in [1.54, 1.807) is 0 Å². The Hall–Kier alpha value is -3.40. The Balaban J connectivity index is 1.32. The van der Waals surface area contributed by atoms with Crippen molar-refractivity contribution in [3.05, 3.63) is 119 Å². The minimum atomic E-state index is -0.535. The number of amides is 1. The number of carbonyl (C=O) groups is 2. The standard InChI is InChI=1S/C32H30BrN3O4S/c33-21-25(35-16-18-39-19-17-35)28(27(23-12-6-2-7-13-23)24-14-8-3-9-15-24)32(38)40-36-30(37)29-31(36)41-26(34-29)20-22-10-4-1-5-11-22/h1-15,27,29,31H,16-21H2/b28-25-. The van der Waals surface area contributed by atoms with Crippen molar-refractivity contribution in [2.24, 2.45) is 4.99 Å². The van der Waals surface area contributed by atoms with Crippen LogP contribution in [0.2, 0.25) is 0 Å². The largest absolute Gasteiger partial charge is 0.378 e. The quantitative estimate of drug-likeness (QED) is 0.184. The van der Waals surface area contributed by atoms with Gasteiger partial charge in [0.25, 0.3) is 5.91 Å². The molecule has 6 rings (SSSR count). The number of aliphatic imine (C=N–C) groups is 1. The highest BCUT2D eigenvalue weighted by atomic mass is 79.9. The van der Waals surface area contributed by atoms with Crippen molar-refractivity contribution in [3.63, 3.8) is 0 Å². The minimum absolute atomic E-state index is 0.291. The number of benzene rings is 3. The Morgan fingerprint density at radius 1 is 0.951 bits per heavy atom. The van der Waals surface area contributed by atoms with Crippen molar-refractivity contribution in [3.8, 4) is 0 Å². The van der Waals surface area contributed by atoms with Gasteiger partial charge < -0.3 is 14.5 Å². The Labute approximate surface area is 252 Å². The molecule has 9 heteroatoms. The molecule has 7 nitrogen and oxygen atoms in total. The molecule has 3 heterocycles. The van der Waals surface area contributed by atoms with E-state index in [1.165, 1.54) is 16.8 Å². The van der Waals surface area contributed by atoms with E-state index < -0.39 is 17.9 Å². The van der Waals surface area contributed by atoms with Crippen molar-refractivity contribution in [2.75, 3.05) is 31.6 Å². The van der Waals surface area contributed by atoms with E-state index in [4.69, 9.17) is 9.57 Å². The van der Waals surface area contributed by atoms with Gasteiger partial charge in [-0.05, 0) is 16.7 Å². The van der Waals surface area contributed by atoms with Gasteiger partial charge in [-0.25, -0.2) is 4.79 Å². The first-order valence-corrected chi connectivity index (χ1v) is 15.7. The molecule has 0 radical (unpaired) electrons. The zero-order valence-electron chi connectivity index (χ0n) is 22.4. The first kappa shape index (κ1) is 27.8. The lowest BCUT2D eigenvalue weighted by atomic mass is 9.83. The predicted octanol–water partition coefficient (Wildman–Crippen LogP) is 5.18. The van der Waals surface area contributed by atoms with Gasteiger partial charge in [-0.15, -0.1) is 0 Å². The number of rotatable bonds is 9. The highest BCUT2D eigenvalue weighted by Gasteiger charge is 2.55. The van der Waals surface area contributed by atoms with Gasteiger partial charge >= 0.3 is 5.97 Å². The number of ether oxygens (including phenoxy) is 1. The van der Waals surface area contributed by atoms with Crippen molar-refractivity contribution in [1.29, 1.82) is 0 Å². The lowest BCUT2D eigenvalue weighted by molar-refractivity contribution is -0.216. The molecule has 3 aliphatic rings. The number of hydrogen-bond acceptors (Lipinski definition) is 7. The van der Waals surface area contributed by atoms with Gasteiger partial charge in [-0.2, -0.15) is 5.06 Å². The van der Waals surface area contributed by atoms with E-state index >= 15 is 0 Å². The molecule has 3 aromatic rings. The molecule has 2 atom stereocenters. The summed E-state index contributed by atoms with van der Waals surface area (Å²) in [6.45, 7) is 2.47. The normalized spacial score (nSPS) is 20.7. The maximum Gasteiger partial charge on any atom is 0.362 e. The minimum Gasteiger partial charge on any atom is -0.378 e. The first-order chi connectivity index (χ1) is 20.1. The molecule has 0 bridgehead atoms. The number of thioether (sulfide) groups is 1. The summed E-state index contributed by atoms with van der Waals surface area (Å²) in [6.07, 6.45) is 0.646. The number of allylic oxidation sites excluding steroid dienone is 1. The van der Waals surface area contributed by atoms with Crippen LogP contribution in [0, 0.1) is 0 Å². The van der Waals surface area contributed by atoms with Crippen LogP contribution in [0.15, 0.2) is 107 Å². The second-order valence-corrected chi connectivity index (χ2v) is 11.8.